The van der Waals surface area contributed by atoms with Crippen molar-refractivity contribution in [2.75, 3.05) is 0 Å². The Morgan fingerprint density at radius 1 is 1.32 bits per heavy atom. The molecule has 0 unspecified atom stereocenters. The number of aromatic amines is 2. The zero-order valence-corrected chi connectivity index (χ0v) is 12.7. The lowest BCUT2D eigenvalue weighted by Crippen LogP contribution is -2.22. The largest absolute Gasteiger partial charge is 0.344 e. The number of aryl methyl sites for hydroxylation is 1. The Bertz CT molecular complexity index is 848. The van der Waals surface area contributed by atoms with Crippen molar-refractivity contribution < 1.29 is 4.79 Å². The van der Waals surface area contributed by atoms with Gasteiger partial charge in [-0.2, -0.15) is 5.10 Å². The highest BCUT2D eigenvalue weighted by molar-refractivity contribution is 7.17. The smallest absolute Gasteiger partial charge is 0.340 e. The van der Waals surface area contributed by atoms with Gasteiger partial charge in [0.15, 0.2) is 0 Å². The molecule has 0 atom stereocenters. The summed E-state index contributed by atoms with van der Waals surface area (Å²) in [6.07, 6.45) is 0. The molecule has 7 heteroatoms. The van der Waals surface area contributed by atoms with Gasteiger partial charge in [0.05, 0.1) is 11.4 Å². The second kappa shape index (κ2) is 5.98. The van der Waals surface area contributed by atoms with Gasteiger partial charge in [-0.1, -0.05) is 30.3 Å². The summed E-state index contributed by atoms with van der Waals surface area (Å²) in [4.78, 5) is 27.3. The predicted octanol–water partition coefficient (Wildman–Crippen LogP) is 2.06. The molecule has 3 aromatic rings. The molecule has 2 heterocycles. The van der Waals surface area contributed by atoms with Crippen LogP contribution in [0.15, 0.2) is 41.2 Å². The van der Waals surface area contributed by atoms with Crippen LogP contribution < -0.4 is 11.0 Å². The first kappa shape index (κ1) is 14.3. The quantitative estimate of drug-likeness (QED) is 0.688. The van der Waals surface area contributed by atoms with Crippen molar-refractivity contribution >= 4 is 17.2 Å². The number of aromatic nitrogens is 3. The maximum atomic E-state index is 12.2. The van der Waals surface area contributed by atoms with Crippen molar-refractivity contribution in [2.24, 2.45) is 0 Å². The molecular weight excluding hydrogens is 300 g/mol. The first-order valence-electron chi connectivity index (χ1n) is 6.71. The minimum Gasteiger partial charge on any atom is -0.344 e. The number of amides is 1. The summed E-state index contributed by atoms with van der Waals surface area (Å²) in [5, 5.41) is 8.74. The van der Waals surface area contributed by atoms with Crippen molar-refractivity contribution in [1.82, 2.24) is 20.5 Å². The second-order valence-corrected chi connectivity index (χ2v) is 5.85. The molecule has 0 aliphatic carbocycles. The SMILES string of the molecule is Cc1cc(C(=O)NCc2n[nH]c(=O)[nH]2)sc1-c1ccccc1. The molecule has 1 aromatic carbocycles. The summed E-state index contributed by atoms with van der Waals surface area (Å²) in [5.41, 5.74) is 1.78. The number of thiophene rings is 1. The van der Waals surface area contributed by atoms with Crippen LogP contribution in [0.4, 0.5) is 0 Å². The van der Waals surface area contributed by atoms with E-state index in [1.165, 1.54) is 11.3 Å². The van der Waals surface area contributed by atoms with Gasteiger partial charge in [0.1, 0.15) is 5.82 Å². The van der Waals surface area contributed by atoms with Gasteiger partial charge in [-0.15, -0.1) is 11.3 Å². The molecule has 0 spiro atoms. The fourth-order valence-electron chi connectivity index (χ4n) is 2.11. The molecule has 0 aliphatic heterocycles. The molecule has 0 radical (unpaired) electrons. The van der Waals surface area contributed by atoms with Gasteiger partial charge < -0.3 is 5.32 Å². The van der Waals surface area contributed by atoms with E-state index in [4.69, 9.17) is 0 Å². The molecule has 0 bridgehead atoms. The van der Waals surface area contributed by atoms with Crippen LogP contribution in [-0.2, 0) is 6.54 Å². The van der Waals surface area contributed by atoms with Crippen LogP contribution in [0.1, 0.15) is 21.1 Å². The molecule has 0 saturated heterocycles. The van der Waals surface area contributed by atoms with E-state index in [1.807, 2.05) is 43.3 Å². The number of benzene rings is 1. The Labute approximate surface area is 130 Å². The predicted molar refractivity (Wildman–Crippen MR) is 84.9 cm³/mol. The topological polar surface area (TPSA) is 90.6 Å². The van der Waals surface area contributed by atoms with Crippen LogP contribution >= 0.6 is 11.3 Å². The molecule has 0 saturated carbocycles. The van der Waals surface area contributed by atoms with E-state index >= 15 is 0 Å². The number of H-pyrrole nitrogens is 2. The molecule has 2 aromatic heterocycles. The Morgan fingerprint density at radius 3 is 2.77 bits per heavy atom. The van der Waals surface area contributed by atoms with E-state index in [9.17, 15) is 9.59 Å². The van der Waals surface area contributed by atoms with Crippen molar-refractivity contribution in [3.63, 3.8) is 0 Å². The first-order chi connectivity index (χ1) is 10.6. The second-order valence-electron chi connectivity index (χ2n) is 4.80. The number of hydrogen-bond donors (Lipinski definition) is 3. The minimum atomic E-state index is -0.386. The molecule has 0 aliphatic rings. The normalized spacial score (nSPS) is 10.6. The molecule has 1 amide bonds. The lowest BCUT2D eigenvalue weighted by atomic mass is 10.1. The van der Waals surface area contributed by atoms with E-state index in [-0.39, 0.29) is 18.1 Å². The van der Waals surface area contributed by atoms with Gasteiger partial charge in [-0.05, 0) is 24.1 Å². The Morgan fingerprint density at radius 2 is 2.09 bits per heavy atom. The Hall–Kier alpha value is -2.67. The van der Waals surface area contributed by atoms with Crippen LogP contribution in [0.3, 0.4) is 0 Å². The van der Waals surface area contributed by atoms with Gasteiger partial charge in [-0.3, -0.25) is 9.78 Å². The number of carbonyl (C=O) groups excluding carboxylic acids is 1. The lowest BCUT2D eigenvalue weighted by Gasteiger charge is -2.00. The van der Waals surface area contributed by atoms with Gasteiger partial charge in [0.25, 0.3) is 5.91 Å². The summed E-state index contributed by atoms with van der Waals surface area (Å²) in [5.74, 6) is 0.217. The highest BCUT2D eigenvalue weighted by Gasteiger charge is 2.13. The maximum absolute atomic E-state index is 12.2. The molecule has 0 fully saturated rings. The van der Waals surface area contributed by atoms with Crippen LogP contribution in [0.25, 0.3) is 10.4 Å². The summed E-state index contributed by atoms with van der Waals surface area (Å²) in [6.45, 7) is 2.16. The van der Waals surface area contributed by atoms with E-state index in [0.717, 1.165) is 16.0 Å². The number of rotatable bonds is 4. The zero-order valence-electron chi connectivity index (χ0n) is 11.8. The summed E-state index contributed by atoms with van der Waals surface area (Å²) in [6, 6.07) is 11.8. The number of carbonyl (C=O) groups is 1. The fourth-order valence-corrected chi connectivity index (χ4v) is 3.20. The number of nitrogens with zero attached hydrogens (tertiary/aromatic N) is 1. The Kier molecular flexibility index (Phi) is 3.88. The van der Waals surface area contributed by atoms with Gasteiger partial charge in [0, 0.05) is 4.88 Å². The van der Waals surface area contributed by atoms with Gasteiger partial charge in [0.2, 0.25) is 0 Å². The monoisotopic (exact) mass is 314 g/mol. The van der Waals surface area contributed by atoms with E-state index in [1.54, 1.807) is 0 Å². The summed E-state index contributed by atoms with van der Waals surface area (Å²) < 4.78 is 0. The van der Waals surface area contributed by atoms with Gasteiger partial charge >= 0.3 is 5.69 Å². The third kappa shape index (κ3) is 2.99. The average molecular weight is 314 g/mol. The molecule has 3 rings (SSSR count). The van der Waals surface area contributed by atoms with E-state index in [0.29, 0.717) is 10.7 Å². The Balaban J connectivity index is 1.75. The van der Waals surface area contributed by atoms with Crippen LogP contribution in [0, 0.1) is 6.92 Å². The maximum Gasteiger partial charge on any atom is 0.340 e. The van der Waals surface area contributed by atoms with Crippen molar-refractivity contribution in [3.05, 3.63) is 63.1 Å². The highest BCUT2D eigenvalue weighted by atomic mass is 32.1. The van der Waals surface area contributed by atoms with Crippen molar-refractivity contribution in [2.45, 2.75) is 13.5 Å². The molecular formula is C15H14N4O2S. The number of hydrogen-bond acceptors (Lipinski definition) is 4. The first-order valence-corrected chi connectivity index (χ1v) is 7.53. The zero-order chi connectivity index (χ0) is 15.5. The van der Waals surface area contributed by atoms with Crippen LogP contribution in [0.2, 0.25) is 0 Å². The van der Waals surface area contributed by atoms with Crippen molar-refractivity contribution in [1.29, 1.82) is 0 Å². The van der Waals surface area contributed by atoms with E-state index in [2.05, 4.69) is 20.5 Å². The number of nitrogens with one attached hydrogen (secondary N) is 3. The lowest BCUT2D eigenvalue weighted by molar-refractivity contribution is 0.0954. The molecule has 112 valence electrons. The highest BCUT2D eigenvalue weighted by Crippen LogP contribution is 2.32. The summed E-state index contributed by atoms with van der Waals surface area (Å²) in [7, 11) is 0. The average Bonchev–Trinajstić information content (AvgIpc) is 3.12. The standard InChI is InChI=1S/C15H14N4O2S/c1-9-7-11(22-13(9)10-5-3-2-4-6-10)14(20)16-8-12-17-15(21)19-18-12/h2-7H,8H2,1H3,(H,16,20)(H2,17,18,19,21). The van der Waals surface area contributed by atoms with Gasteiger partial charge in [-0.25, -0.2) is 9.89 Å². The van der Waals surface area contributed by atoms with Crippen LogP contribution in [0.5, 0.6) is 0 Å². The molecule has 3 N–H and O–H groups in total. The molecule has 6 nitrogen and oxygen atoms in total. The third-order valence-electron chi connectivity index (χ3n) is 3.14. The van der Waals surface area contributed by atoms with Crippen molar-refractivity contribution in [3.8, 4) is 10.4 Å². The minimum absolute atomic E-state index is 0.176. The third-order valence-corrected chi connectivity index (χ3v) is 4.43. The van der Waals surface area contributed by atoms with Crippen LogP contribution in [-0.4, -0.2) is 21.1 Å². The fraction of sp³-hybridized carbons (Fsp3) is 0.133. The molecule has 22 heavy (non-hydrogen) atoms. The summed E-state index contributed by atoms with van der Waals surface area (Å²) >= 11 is 1.45. The van der Waals surface area contributed by atoms with E-state index < -0.39 is 0 Å².